The summed E-state index contributed by atoms with van der Waals surface area (Å²) < 4.78 is 5.84. The Morgan fingerprint density at radius 1 is 1.25 bits per heavy atom. The maximum absolute atomic E-state index is 12.4. The van der Waals surface area contributed by atoms with E-state index in [1.807, 2.05) is 19.9 Å². The largest absolute Gasteiger partial charge is 0.420 e. The van der Waals surface area contributed by atoms with Crippen LogP contribution in [0.15, 0.2) is 52.1 Å². The van der Waals surface area contributed by atoms with E-state index in [1.54, 1.807) is 36.5 Å². The van der Waals surface area contributed by atoms with Crippen molar-refractivity contribution in [3.63, 3.8) is 0 Å². The summed E-state index contributed by atoms with van der Waals surface area (Å²) in [5.74, 6) is 0.0167. The average molecular weight is 409 g/mol. The lowest BCUT2D eigenvalue weighted by atomic mass is 10.2. The number of thioether (sulfide) groups is 1. The lowest BCUT2D eigenvalue weighted by Crippen LogP contribution is -2.31. The Labute approximate surface area is 153 Å². The van der Waals surface area contributed by atoms with Crippen LogP contribution in [-0.4, -0.2) is 28.7 Å². The van der Waals surface area contributed by atoms with Gasteiger partial charge in [-0.05, 0) is 54.0 Å². The van der Waals surface area contributed by atoms with E-state index in [1.165, 1.54) is 11.8 Å². The minimum Gasteiger partial charge on any atom is -0.420 e. The third-order valence-electron chi connectivity index (χ3n) is 2.84. The van der Waals surface area contributed by atoms with Gasteiger partial charge in [-0.2, -0.15) is 0 Å². The van der Waals surface area contributed by atoms with Crippen molar-refractivity contribution in [1.29, 1.82) is 0 Å². The molecule has 2 aromatic rings. The molecule has 1 N–H and O–H groups in total. The van der Waals surface area contributed by atoms with Gasteiger partial charge in [-0.15, -0.1) is 11.8 Å². The Morgan fingerprint density at radius 3 is 2.71 bits per heavy atom. The monoisotopic (exact) mass is 408 g/mol. The Morgan fingerprint density at radius 2 is 2.00 bits per heavy atom. The average Bonchev–Trinajstić information content (AvgIpc) is 2.54. The van der Waals surface area contributed by atoms with Crippen LogP contribution in [0.2, 0.25) is 0 Å². The highest BCUT2D eigenvalue weighted by atomic mass is 79.9. The second-order valence-electron chi connectivity index (χ2n) is 5.19. The number of carbonyl (C=O) groups excluding carboxylic acids is 2. The van der Waals surface area contributed by atoms with Crippen molar-refractivity contribution in [2.24, 2.45) is 0 Å². The molecule has 1 heterocycles. The highest BCUT2D eigenvalue weighted by Crippen LogP contribution is 2.26. The van der Waals surface area contributed by atoms with Crippen molar-refractivity contribution in [3.8, 4) is 5.75 Å². The molecule has 2 rings (SSSR count). The summed E-state index contributed by atoms with van der Waals surface area (Å²) in [5.41, 5.74) is 0.413. The first kappa shape index (κ1) is 18.5. The van der Waals surface area contributed by atoms with E-state index < -0.39 is 5.97 Å². The number of benzene rings is 1. The number of hydrogen-bond acceptors (Lipinski definition) is 5. The number of ether oxygens (including phenoxy) is 1. The van der Waals surface area contributed by atoms with E-state index >= 15 is 0 Å². The molecular formula is C17H17BrN2O3S. The van der Waals surface area contributed by atoms with Crippen molar-refractivity contribution >= 4 is 39.6 Å². The van der Waals surface area contributed by atoms with E-state index in [0.29, 0.717) is 20.8 Å². The van der Waals surface area contributed by atoms with Crippen LogP contribution < -0.4 is 10.1 Å². The first-order chi connectivity index (χ1) is 11.5. The van der Waals surface area contributed by atoms with Gasteiger partial charge in [-0.1, -0.05) is 12.1 Å². The lowest BCUT2D eigenvalue weighted by Gasteiger charge is -2.11. The highest BCUT2D eigenvalue weighted by Gasteiger charge is 2.16. The van der Waals surface area contributed by atoms with Crippen molar-refractivity contribution < 1.29 is 14.3 Å². The van der Waals surface area contributed by atoms with E-state index in [0.717, 1.165) is 0 Å². The molecule has 0 fully saturated rings. The second kappa shape index (κ2) is 8.84. The summed E-state index contributed by atoms with van der Waals surface area (Å²) in [5, 5.41) is 2.82. The van der Waals surface area contributed by atoms with E-state index in [4.69, 9.17) is 4.74 Å². The maximum Gasteiger partial charge on any atom is 0.344 e. The summed E-state index contributed by atoms with van der Waals surface area (Å²) in [7, 11) is 0. The molecule has 24 heavy (non-hydrogen) atoms. The summed E-state index contributed by atoms with van der Waals surface area (Å²) >= 11 is 4.54. The Balaban J connectivity index is 2.09. The van der Waals surface area contributed by atoms with Gasteiger partial charge in [0.15, 0.2) is 5.75 Å². The fourth-order valence-corrected chi connectivity index (χ4v) is 3.05. The first-order valence-corrected chi connectivity index (χ1v) is 9.09. The van der Waals surface area contributed by atoms with E-state index in [-0.39, 0.29) is 17.7 Å². The third kappa shape index (κ3) is 5.35. The normalized spacial score (nSPS) is 10.5. The SMILES string of the molecule is CC(C)NC(=O)CSc1ccccc1C(=O)Oc1cccnc1Br. The molecule has 0 saturated heterocycles. The molecular weight excluding hydrogens is 392 g/mol. The number of amides is 1. The number of aromatic nitrogens is 1. The van der Waals surface area contributed by atoms with Crippen molar-refractivity contribution in [2.45, 2.75) is 24.8 Å². The number of nitrogens with one attached hydrogen (secondary N) is 1. The molecule has 7 heteroatoms. The summed E-state index contributed by atoms with van der Waals surface area (Å²) in [6.45, 7) is 3.80. The second-order valence-corrected chi connectivity index (χ2v) is 6.96. The number of pyridine rings is 1. The predicted molar refractivity (Wildman–Crippen MR) is 97.3 cm³/mol. The Bertz CT molecular complexity index is 737. The molecule has 0 unspecified atom stereocenters. The molecule has 5 nitrogen and oxygen atoms in total. The predicted octanol–water partition coefficient (Wildman–Crippen LogP) is 3.68. The molecule has 0 aliphatic rings. The van der Waals surface area contributed by atoms with Gasteiger partial charge in [-0.3, -0.25) is 4.79 Å². The first-order valence-electron chi connectivity index (χ1n) is 7.31. The van der Waals surface area contributed by atoms with Crippen LogP contribution >= 0.6 is 27.7 Å². The van der Waals surface area contributed by atoms with Crippen LogP contribution in [-0.2, 0) is 4.79 Å². The van der Waals surface area contributed by atoms with Gasteiger partial charge in [0.05, 0.1) is 11.3 Å². The highest BCUT2D eigenvalue weighted by molar-refractivity contribution is 9.10. The minimum absolute atomic E-state index is 0.0758. The Hall–Kier alpha value is -1.86. The van der Waals surface area contributed by atoms with Crippen LogP contribution in [0, 0.1) is 0 Å². The summed E-state index contributed by atoms with van der Waals surface area (Å²) in [6.07, 6.45) is 1.60. The van der Waals surface area contributed by atoms with Gasteiger partial charge < -0.3 is 10.1 Å². The van der Waals surface area contributed by atoms with E-state index in [9.17, 15) is 9.59 Å². The van der Waals surface area contributed by atoms with Crippen LogP contribution in [0.1, 0.15) is 24.2 Å². The molecule has 0 saturated carbocycles. The number of hydrogen-bond donors (Lipinski definition) is 1. The van der Waals surface area contributed by atoms with Crippen LogP contribution in [0.4, 0.5) is 0 Å². The van der Waals surface area contributed by atoms with Gasteiger partial charge in [0, 0.05) is 17.1 Å². The molecule has 1 aromatic heterocycles. The van der Waals surface area contributed by atoms with Gasteiger partial charge in [0.1, 0.15) is 4.60 Å². The molecule has 1 amide bonds. The number of nitrogens with zero attached hydrogens (tertiary/aromatic N) is 1. The molecule has 0 radical (unpaired) electrons. The zero-order valence-electron chi connectivity index (χ0n) is 13.3. The molecule has 1 aromatic carbocycles. The molecule has 0 bridgehead atoms. The zero-order valence-corrected chi connectivity index (χ0v) is 15.7. The van der Waals surface area contributed by atoms with Crippen LogP contribution in [0.25, 0.3) is 0 Å². The quantitative estimate of drug-likeness (QED) is 0.448. The Kier molecular flexibility index (Phi) is 6.81. The summed E-state index contributed by atoms with van der Waals surface area (Å²) in [4.78, 5) is 28.9. The van der Waals surface area contributed by atoms with Crippen LogP contribution in [0.3, 0.4) is 0 Å². The number of halogens is 1. The molecule has 0 spiro atoms. The fraction of sp³-hybridized carbons (Fsp3) is 0.235. The molecule has 0 aliphatic carbocycles. The van der Waals surface area contributed by atoms with E-state index in [2.05, 4.69) is 26.2 Å². The van der Waals surface area contributed by atoms with Crippen molar-refractivity contribution in [1.82, 2.24) is 10.3 Å². The number of esters is 1. The minimum atomic E-state index is -0.490. The van der Waals surface area contributed by atoms with Crippen molar-refractivity contribution in [3.05, 3.63) is 52.8 Å². The lowest BCUT2D eigenvalue weighted by molar-refractivity contribution is -0.119. The molecule has 0 aliphatic heterocycles. The standard InChI is InChI=1S/C17H17BrN2O3S/c1-11(2)20-15(21)10-24-14-8-4-3-6-12(14)17(22)23-13-7-5-9-19-16(13)18/h3-9,11H,10H2,1-2H3,(H,20,21). The van der Waals surface area contributed by atoms with Gasteiger partial charge in [0.25, 0.3) is 0 Å². The zero-order chi connectivity index (χ0) is 17.5. The van der Waals surface area contributed by atoms with Crippen LogP contribution in [0.5, 0.6) is 5.75 Å². The maximum atomic E-state index is 12.4. The summed E-state index contributed by atoms with van der Waals surface area (Å²) in [6, 6.07) is 10.5. The van der Waals surface area contributed by atoms with Gasteiger partial charge >= 0.3 is 5.97 Å². The third-order valence-corrected chi connectivity index (χ3v) is 4.51. The number of rotatable bonds is 6. The molecule has 0 atom stereocenters. The molecule has 126 valence electrons. The van der Waals surface area contributed by atoms with Gasteiger partial charge in [0.2, 0.25) is 5.91 Å². The number of carbonyl (C=O) groups is 2. The fourth-order valence-electron chi connectivity index (χ4n) is 1.87. The topological polar surface area (TPSA) is 68.3 Å². The van der Waals surface area contributed by atoms with Gasteiger partial charge in [-0.25, -0.2) is 9.78 Å². The smallest absolute Gasteiger partial charge is 0.344 e. The van der Waals surface area contributed by atoms with Crippen molar-refractivity contribution in [2.75, 3.05) is 5.75 Å².